The second-order valence-electron chi connectivity index (χ2n) is 4.56. The van der Waals surface area contributed by atoms with Crippen LogP contribution in [0, 0.1) is 17.2 Å². The van der Waals surface area contributed by atoms with E-state index in [1.54, 1.807) is 12.1 Å². The predicted molar refractivity (Wildman–Crippen MR) is 73.1 cm³/mol. The van der Waals surface area contributed by atoms with Gasteiger partial charge in [-0.25, -0.2) is 0 Å². The first-order valence-corrected chi connectivity index (χ1v) is 6.56. The summed E-state index contributed by atoms with van der Waals surface area (Å²) in [6.07, 6.45) is 1.53. The number of nitriles is 1. The van der Waals surface area contributed by atoms with Crippen LogP contribution in [0.15, 0.2) is 18.2 Å². The first kappa shape index (κ1) is 13.7. The van der Waals surface area contributed by atoms with E-state index in [4.69, 9.17) is 21.6 Å². The maximum Gasteiger partial charge on any atom is 0.308 e. The number of benzene rings is 1. The zero-order chi connectivity index (χ0) is 13.8. The lowest BCUT2D eigenvalue weighted by Crippen LogP contribution is -2.36. The van der Waals surface area contributed by atoms with Crippen molar-refractivity contribution < 1.29 is 9.53 Å². The molecule has 0 radical (unpaired) electrons. The number of nitrogens with zero attached hydrogens (tertiary/aromatic N) is 2. The number of methoxy groups -OCH3 is 1. The molecule has 2 rings (SSSR count). The van der Waals surface area contributed by atoms with Crippen LogP contribution in [0.3, 0.4) is 0 Å². The molecule has 0 unspecified atom stereocenters. The molecule has 0 atom stereocenters. The van der Waals surface area contributed by atoms with Gasteiger partial charge in [0.15, 0.2) is 0 Å². The highest BCUT2D eigenvalue weighted by Gasteiger charge is 2.26. The number of hydrogen-bond donors (Lipinski definition) is 0. The fraction of sp³-hybridized carbons (Fsp3) is 0.429. The van der Waals surface area contributed by atoms with Crippen LogP contribution >= 0.6 is 11.6 Å². The summed E-state index contributed by atoms with van der Waals surface area (Å²) in [5.74, 6) is -0.149. The molecule has 0 saturated carbocycles. The highest BCUT2D eigenvalue weighted by molar-refractivity contribution is 6.33. The number of esters is 1. The lowest BCUT2D eigenvalue weighted by atomic mass is 9.96. The molecular weight excluding hydrogens is 264 g/mol. The molecule has 0 N–H and O–H groups in total. The summed E-state index contributed by atoms with van der Waals surface area (Å²) in [5.41, 5.74) is 1.47. The Bertz CT molecular complexity index is 517. The van der Waals surface area contributed by atoms with Crippen molar-refractivity contribution in [3.8, 4) is 6.07 Å². The molecule has 4 nitrogen and oxygen atoms in total. The summed E-state index contributed by atoms with van der Waals surface area (Å²) in [7, 11) is 1.42. The number of hydrogen-bond acceptors (Lipinski definition) is 4. The third kappa shape index (κ3) is 2.99. The molecule has 1 aromatic carbocycles. The van der Waals surface area contributed by atoms with Crippen LogP contribution in [0.25, 0.3) is 0 Å². The van der Waals surface area contributed by atoms with Gasteiger partial charge in [0.25, 0.3) is 0 Å². The van der Waals surface area contributed by atoms with Gasteiger partial charge >= 0.3 is 5.97 Å². The number of rotatable bonds is 2. The smallest absolute Gasteiger partial charge is 0.308 e. The van der Waals surface area contributed by atoms with Crippen LogP contribution in [0.1, 0.15) is 18.4 Å². The van der Waals surface area contributed by atoms with Crippen LogP contribution in [0.2, 0.25) is 5.02 Å². The van der Waals surface area contributed by atoms with Crippen LogP contribution in [0.5, 0.6) is 0 Å². The quantitative estimate of drug-likeness (QED) is 0.780. The van der Waals surface area contributed by atoms with Crippen molar-refractivity contribution in [3.63, 3.8) is 0 Å². The number of carbonyl (C=O) groups is 1. The van der Waals surface area contributed by atoms with Gasteiger partial charge in [0.05, 0.1) is 35.4 Å². The molecule has 0 bridgehead atoms. The summed E-state index contributed by atoms with van der Waals surface area (Å²) < 4.78 is 4.77. The number of carbonyl (C=O) groups excluding carboxylic acids is 1. The maximum atomic E-state index is 11.5. The molecule has 1 aliphatic rings. The normalized spacial score (nSPS) is 15.9. The fourth-order valence-corrected chi connectivity index (χ4v) is 2.66. The summed E-state index contributed by atoms with van der Waals surface area (Å²) in [6, 6.07) is 7.35. The zero-order valence-electron chi connectivity index (χ0n) is 10.7. The van der Waals surface area contributed by atoms with Crippen LogP contribution in [-0.4, -0.2) is 26.2 Å². The highest BCUT2D eigenvalue weighted by atomic mass is 35.5. The number of ether oxygens (including phenoxy) is 1. The molecule has 1 heterocycles. The molecule has 0 aromatic heterocycles. The zero-order valence-corrected chi connectivity index (χ0v) is 11.5. The van der Waals surface area contributed by atoms with E-state index < -0.39 is 0 Å². The Morgan fingerprint density at radius 3 is 2.68 bits per heavy atom. The third-order valence-electron chi connectivity index (χ3n) is 3.45. The average Bonchev–Trinajstić information content (AvgIpc) is 2.46. The first-order valence-electron chi connectivity index (χ1n) is 6.18. The lowest BCUT2D eigenvalue weighted by molar-refractivity contribution is -0.146. The Balaban J connectivity index is 2.06. The minimum absolute atomic E-state index is 0.0154. The maximum absolute atomic E-state index is 11.5. The molecule has 1 aliphatic heterocycles. The van der Waals surface area contributed by atoms with Crippen LogP contribution < -0.4 is 4.90 Å². The minimum Gasteiger partial charge on any atom is -0.469 e. The second-order valence-corrected chi connectivity index (χ2v) is 4.97. The molecule has 1 fully saturated rings. The van der Waals surface area contributed by atoms with Crippen molar-refractivity contribution in [2.24, 2.45) is 5.92 Å². The van der Waals surface area contributed by atoms with E-state index in [-0.39, 0.29) is 11.9 Å². The lowest BCUT2D eigenvalue weighted by Gasteiger charge is -2.33. The van der Waals surface area contributed by atoms with E-state index in [1.807, 2.05) is 6.07 Å². The van der Waals surface area contributed by atoms with Gasteiger partial charge in [-0.2, -0.15) is 5.26 Å². The SMILES string of the molecule is COC(=O)C1CCN(c2ccc(C#N)cc2Cl)CC1. The molecule has 1 aromatic rings. The van der Waals surface area contributed by atoms with E-state index in [0.717, 1.165) is 31.6 Å². The van der Waals surface area contributed by atoms with Crippen molar-refractivity contribution in [3.05, 3.63) is 28.8 Å². The van der Waals surface area contributed by atoms with E-state index in [0.29, 0.717) is 10.6 Å². The van der Waals surface area contributed by atoms with E-state index in [2.05, 4.69) is 11.0 Å². The Labute approximate surface area is 117 Å². The fourth-order valence-electron chi connectivity index (χ4n) is 2.36. The van der Waals surface area contributed by atoms with Gasteiger partial charge in [0.2, 0.25) is 0 Å². The van der Waals surface area contributed by atoms with E-state index >= 15 is 0 Å². The molecule has 1 saturated heterocycles. The second kappa shape index (κ2) is 5.94. The van der Waals surface area contributed by atoms with Crippen LogP contribution in [-0.2, 0) is 9.53 Å². The van der Waals surface area contributed by atoms with Gasteiger partial charge in [-0.05, 0) is 31.0 Å². The number of anilines is 1. The molecule has 100 valence electrons. The average molecular weight is 279 g/mol. The van der Waals surface area contributed by atoms with Crippen molar-refractivity contribution >= 4 is 23.3 Å². The standard InChI is InChI=1S/C14H15ClN2O2/c1-19-14(18)11-4-6-17(7-5-11)13-3-2-10(9-16)8-12(13)15/h2-3,8,11H,4-7H2,1H3. The monoisotopic (exact) mass is 278 g/mol. The molecule has 5 heteroatoms. The Morgan fingerprint density at radius 1 is 1.47 bits per heavy atom. The van der Waals surface area contributed by atoms with Crippen molar-refractivity contribution in [2.75, 3.05) is 25.1 Å². The Hall–Kier alpha value is -1.73. The summed E-state index contributed by atoms with van der Waals surface area (Å²) in [6.45, 7) is 1.54. The molecule has 0 spiro atoms. The minimum atomic E-state index is -0.134. The predicted octanol–water partition coefficient (Wildman–Crippen LogP) is 2.60. The molecular formula is C14H15ClN2O2. The van der Waals surface area contributed by atoms with Gasteiger partial charge in [-0.1, -0.05) is 11.6 Å². The summed E-state index contributed by atoms with van der Waals surface area (Å²) >= 11 is 6.18. The summed E-state index contributed by atoms with van der Waals surface area (Å²) in [4.78, 5) is 13.6. The number of halogens is 1. The molecule has 0 amide bonds. The van der Waals surface area contributed by atoms with E-state index in [1.165, 1.54) is 7.11 Å². The third-order valence-corrected chi connectivity index (χ3v) is 3.75. The van der Waals surface area contributed by atoms with Gasteiger partial charge in [-0.15, -0.1) is 0 Å². The Kier molecular flexibility index (Phi) is 4.28. The van der Waals surface area contributed by atoms with Gasteiger partial charge in [0, 0.05) is 13.1 Å². The van der Waals surface area contributed by atoms with Crippen molar-refractivity contribution in [1.29, 1.82) is 5.26 Å². The van der Waals surface area contributed by atoms with Gasteiger partial charge < -0.3 is 9.64 Å². The highest BCUT2D eigenvalue weighted by Crippen LogP contribution is 2.30. The topological polar surface area (TPSA) is 53.3 Å². The first-order chi connectivity index (χ1) is 9.15. The van der Waals surface area contributed by atoms with Gasteiger partial charge in [-0.3, -0.25) is 4.79 Å². The Morgan fingerprint density at radius 2 is 2.16 bits per heavy atom. The number of piperidine rings is 1. The molecule has 0 aliphatic carbocycles. The van der Waals surface area contributed by atoms with E-state index in [9.17, 15) is 4.79 Å². The molecule has 19 heavy (non-hydrogen) atoms. The van der Waals surface area contributed by atoms with Crippen molar-refractivity contribution in [1.82, 2.24) is 0 Å². The summed E-state index contributed by atoms with van der Waals surface area (Å²) in [5, 5.41) is 9.39. The van der Waals surface area contributed by atoms with Crippen molar-refractivity contribution in [2.45, 2.75) is 12.8 Å². The largest absolute Gasteiger partial charge is 0.469 e. The van der Waals surface area contributed by atoms with Gasteiger partial charge in [0.1, 0.15) is 0 Å². The van der Waals surface area contributed by atoms with Crippen LogP contribution in [0.4, 0.5) is 5.69 Å².